The molecule has 1 atom stereocenters. The van der Waals surface area contributed by atoms with Crippen LogP contribution in [-0.2, 0) is 6.42 Å². The number of amides is 3. The SMILES string of the molecule is CC1(C)CCc2ccccc2C(NC(=O)Nc2ccc3[nH]c(C(N)=O)cc3c2)C1. The summed E-state index contributed by atoms with van der Waals surface area (Å²) < 4.78 is 0. The number of H-pyrrole nitrogens is 1. The maximum absolute atomic E-state index is 12.8. The molecule has 29 heavy (non-hydrogen) atoms. The lowest BCUT2D eigenvalue weighted by Gasteiger charge is -2.27. The average Bonchev–Trinajstić information content (AvgIpc) is 3.04. The molecule has 150 valence electrons. The normalized spacial score (nSPS) is 17.9. The van der Waals surface area contributed by atoms with Crippen molar-refractivity contribution in [3.8, 4) is 0 Å². The van der Waals surface area contributed by atoms with E-state index in [0.717, 1.165) is 30.2 Å². The second-order valence-electron chi connectivity index (χ2n) is 8.57. The van der Waals surface area contributed by atoms with E-state index in [1.165, 1.54) is 11.1 Å². The maximum Gasteiger partial charge on any atom is 0.319 e. The van der Waals surface area contributed by atoms with E-state index < -0.39 is 5.91 Å². The third-order valence-electron chi connectivity index (χ3n) is 5.71. The van der Waals surface area contributed by atoms with Crippen molar-refractivity contribution in [2.75, 3.05) is 5.32 Å². The van der Waals surface area contributed by atoms with Crippen molar-refractivity contribution in [2.45, 2.75) is 39.2 Å². The monoisotopic (exact) mass is 390 g/mol. The summed E-state index contributed by atoms with van der Waals surface area (Å²) in [5.41, 5.74) is 9.77. The highest BCUT2D eigenvalue weighted by Gasteiger charge is 2.30. The van der Waals surface area contributed by atoms with Crippen LogP contribution in [0.3, 0.4) is 0 Å². The number of urea groups is 1. The number of carbonyl (C=O) groups is 2. The third kappa shape index (κ3) is 4.11. The van der Waals surface area contributed by atoms with E-state index in [-0.39, 0.29) is 17.5 Å². The largest absolute Gasteiger partial charge is 0.364 e. The minimum atomic E-state index is -0.511. The second-order valence-corrected chi connectivity index (χ2v) is 8.57. The first-order valence-electron chi connectivity index (χ1n) is 9.89. The number of nitrogens with two attached hydrogens (primary N) is 1. The van der Waals surface area contributed by atoms with Crippen molar-refractivity contribution in [1.29, 1.82) is 0 Å². The van der Waals surface area contributed by atoms with Crippen LogP contribution in [0, 0.1) is 5.41 Å². The van der Waals surface area contributed by atoms with Gasteiger partial charge in [-0.15, -0.1) is 0 Å². The summed E-state index contributed by atoms with van der Waals surface area (Å²) in [5.74, 6) is -0.511. The Labute approximate surface area is 169 Å². The van der Waals surface area contributed by atoms with Crippen LogP contribution in [0.15, 0.2) is 48.5 Å². The minimum absolute atomic E-state index is 0.0406. The van der Waals surface area contributed by atoms with Gasteiger partial charge in [-0.05, 0) is 60.1 Å². The number of rotatable bonds is 3. The van der Waals surface area contributed by atoms with Gasteiger partial charge in [0.25, 0.3) is 5.91 Å². The minimum Gasteiger partial charge on any atom is -0.364 e. The molecule has 5 N–H and O–H groups in total. The van der Waals surface area contributed by atoms with Crippen LogP contribution in [0.5, 0.6) is 0 Å². The Kier molecular flexibility index (Phi) is 4.78. The molecular weight excluding hydrogens is 364 g/mol. The predicted octanol–water partition coefficient (Wildman–Crippen LogP) is 4.49. The molecule has 6 nitrogen and oxygen atoms in total. The number of benzene rings is 2. The molecule has 0 saturated carbocycles. The molecule has 1 aliphatic rings. The Bertz CT molecular complexity index is 1080. The molecule has 2 aromatic carbocycles. The first-order chi connectivity index (χ1) is 13.8. The first-order valence-corrected chi connectivity index (χ1v) is 9.89. The summed E-state index contributed by atoms with van der Waals surface area (Å²) >= 11 is 0. The molecule has 0 spiro atoms. The number of fused-ring (bicyclic) bond motifs is 2. The van der Waals surface area contributed by atoms with Gasteiger partial charge in [-0.1, -0.05) is 38.1 Å². The van der Waals surface area contributed by atoms with E-state index in [4.69, 9.17) is 5.73 Å². The molecule has 3 amide bonds. The molecule has 0 saturated heterocycles. The van der Waals surface area contributed by atoms with Gasteiger partial charge in [-0.25, -0.2) is 4.79 Å². The van der Waals surface area contributed by atoms with E-state index in [0.29, 0.717) is 11.4 Å². The van der Waals surface area contributed by atoms with Gasteiger partial charge in [0, 0.05) is 16.6 Å². The standard InChI is InChI=1S/C23H26N4O2/c1-23(2)10-9-14-5-3-4-6-17(14)20(13-23)27-22(29)25-16-7-8-18-15(11-16)12-19(26-18)21(24)28/h3-8,11-12,20,26H,9-10,13H2,1-2H3,(H2,24,28)(H2,25,27,29). The highest BCUT2D eigenvalue weighted by Crippen LogP contribution is 2.39. The zero-order valence-electron chi connectivity index (χ0n) is 16.7. The van der Waals surface area contributed by atoms with Gasteiger partial charge in [0.15, 0.2) is 0 Å². The van der Waals surface area contributed by atoms with Crippen LogP contribution in [0.1, 0.15) is 54.3 Å². The first kappa shape index (κ1) is 19.1. The van der Waals surface area contributed by atoms with Crippen molar-refractivity contribution in [3.63, 3.8) is 0 Å². The number of hydrogen-bond acceptors (Lipinski definition) is 2. The van der Waals surface area contributed by atoms with Gasteiger partial charge < -0.3 is 21.4 Å². The lowest BCUT2D eigenvalue weighted by atomic mass is 9.83. The summed E-state index contributed by atoms with van der Waals surface area (Å²) in [6, 6.07) is 15.2. The number of hydrogen-bond donors (Lipinski definition) is 4. The fraction of sp³-hybridized carbons (Fsp3) is 0.304. The number of aromatic nitrogens is 1. The number of aromatic amines is 1. The maximum atomic E-state index is 12.8. The highest BCUT2D eigenvalue weighted by molar-refractivity contribution is 5.99. The van der Waals surface area contributed by atoms with Crippen molar-refractivity contribution in [2.24, 2.45) is 11.1 Å². The van der Waals surface area contributed by atoms with Crippen LogP contribution in [0.25, 0.3) is 10.9 Å². The van der Waals surface area contributed by atoms with E-state index in [2.05, 4.69) is 47.7 Å². The van der Waals surface area contributed by atoms with Gasteiger partial charge in [-0.3, -0.25) is 4.79 Å². The lowest BCUT2D eigenvalue weighted by molar-refractivity contribution is 0.0996. The molecule has 0 radical (unpaired) electrons. The van der Waals surface area contributed by atoms with Crippen molar-refractivity contribution in [1.82, 2.24) is 10.3 Å². The molecule has 1 aromatic heterocycles. The van der Waals surface area contributed by atoms with E-state index >= 15 is 0 Å². The summed E-state index contributed by atoms with van der Waals surface area (Å²) in [6.07, 6.45) is 3.00. The molecule has 3 aromatic rings. The summed E-state index contributed by atoms with van der Waals surface area (Å²) in [4.78, 5) is 27.1. The number of aryl methyl sites for hydroxylation is 1. The number of anilines is 1. The van der Waals surface area contributed by atoms with Gasteiger partial charge in [0.2, 0.25) is 0 Å². The molecule has 6 heteroatoms. The molecule has 1 unspecified atom stereocenters. The fourth-order valence-electron chi connectivity index (χ4n) is 4.14. The van der Waals surface area contributed by atoms with E-state index in [1.54, 1.807) is 12.1 Å². The zero-order chi connectivity index (χ0) is 20.6. The van der Waals surface area contributed by atoms with E-state index in [1.807, 2.05) is 18.2 Å². The van der Waals surface area contributed by atoms with Crippen LogP contribution in [-0.4, -0.2) is 16.9 Å². The molecule has 0 aliphatic heterocycles. The van der Waals surface area contributed by atoms with Crippen LogP contribution >= 0.6 is 0 Å². The highest BCUT2D eigenvalue weighted by atomic mass is 16.2. The quantitative estimate of drug-likeness (QED) is 0.495. The predicted molar refractivity (Wildman–Crippen MR) is 115 cm³/mol. The fourth-order valence-corrected chi connectivity index (χ4v) is 4.14. The summed E-state index contributed by atoms with van der Waals surface area (Å²) in [5, 5.41) is 6.89. The zero-order valence-corrected chi connectivity index (χ0v) is 16.7. The molecule has 0 bridgehead atoms. The Morgan fingerprint density at radius 2 is 1.93 bits per heavy atom. The second kappa shape index (κ2) is 7.28. The van der Waals surface area contributed by atoms with Gasteiger partial charge in [0.1, 0.15) is 5.69 Å². The topological polar surface area (TPSA) is 100 Å². The van der Waals surface area contributed by atoms with Crippen LogP contribution < -0.4 is 16.4 Å². The Morgan fingerprint density at radius 1 is 1.14 bits per heavy atom. The molecular formula is C23H26N4O2. The van der Waals surface area contributed by atoms with Crippen LogP contribution in [0.2, 0.25) is 0 Å². The summed E-state index contributed by atoms with van der Waals surface area (Å²) in [6.45, 7) is 4.50. The number of nitrogens with one attached hydrogen (secondary N) is 3. The van der Waals surface area contributed by atoms with Crippen molar-refractivity contribution >= 4 is 28.5 Å². The Hall–Kier alpha value is -3.28. The van der Waals surface area contributed by atoms with Crippen molar-refractivity contribution < 1.29 is 9.59 Å². The van der Waals surface area contributed by atoms with Crippen molar-refractivity contribution in [3.05, 3.63) is 65.4 Å². The Balaban J connectivity index is 1.53. The Morgan fingerprint density at radius 3 is 2.72 bits per heavy atom. The molecule has 1 heterocycles. The third-order valence-corrected chi connectivity index (χ3v) is 5.71. The number of primary amides is 1. The number of carbonyl (C=O) groups excluding carboxylic acids is 2. The lowest BCUT2D eigenvalue weighted by Crippen LogP contribution is -2.34. The van der Waals surface area contributed by atoms with Crippen LogP contribution in [0.4, 0.5) is 10.5 Å². The molecule has 1 aliphatic carbocycles. The van der Waals surface area contributed by atoms with E-state index in [9.17, 15) is 9.59 Å². The molecule has 0 fully saturated rings. The van der Waals surface area contributed by atoms with Gasteiger partial charge in [0.05, 0.1) is 6.04 Å². The summed E-state index contributed by atoms with van der Waals surface area (Å²) in [7, 11) is 0. The van der Waals surface area contributed by atoms with Gasteiger partial charge >= 0.3 is 6.03 Å². The van der Waals surface area contributed by atoms with Gasteiger partial charge in [-0.2, -0.15) is 0 Å². The smallest absolute Gasteiger partial charge is 0.319 e. The average molecular weight is 390 g/mol. The molecule has 4 rings (SSSR count).